The van der Waals surface area contributed by atoms with Gasteiger partial charge in [0.05, 0.1) is 0 Å². The van der Waals surface area contributed by atoms with Crippen LogP contribution in [0.4, 0.5) is 0 Å². The highest BCUT2D eigenvalue weighted by molar-refractivity contribution is 5.39. The molecule has 0 saturated heterocycles. The van der Waals surface area contributed by atoms with Gasteiger partial charge >= 0.3 is 0 Å². The van der Waals surface area contributed by atoms with Gasteiger partial charge in [-0.3, -0.25) is 0 Å². The van der Waals surface area contributed by atoms with Crippen molar-refractivity contribution in [1.29, 1.82) is 0 Å². The summed E-state index contributed by atoms with van der Waals surface area (Å²) in [6.45, 7) is 10.8. The maximum atomic E-state index is 2.29. The molecule has 0 aliphatic heterocycles. The third-order valence-electron chi connectivity index (χ3n) is 2.27. The third kappa shape index (κ3) is 4.72. The minimum absolute atomic E-state index is 1.11. The van der Waals surface area contributed by atoms with Crippen LogP contribution in [0.2, 0.25) is 0 Å². The molecule has 0 rings (SSSR count). The van der Waals surface area contributed by atoms with Gasteiger partial charge in [-0.1, -0.05) is 37.6 Å². The van der Waals surface area contributed by atoms with E-state index in [2.05, 4.69) is 52.8 Å². The number of allylic oxidation sites excluding steroid dienone is 6. The van der Waals surface area contributed by atoms with Gasteiger partial charge < -0.3 is 0 Å². The Balaban J connectivity index is 4.74. The number of hydrogen-bond donors (Lipinski definition) is 0. The lowest BCUT2D eigenvalue weighted by molar-refractivity contribution is 1.09. The highest BCUT2D eigenvalue weighted by atomic mass is 14.0. The summed E-state index contributed by atoms with van der Waals surface area (Å²) >= 11 is 0. The first-order valence-electron chi connectivity index (χ1n) is 5.16. The monoisotopic (exact) mass is 178 g/mol. The van der Waals surface area contributed by atoms with Gasteiger partial charge in [0, 0.05) is 0 Å². The zero-order chi connectivity index (χ0) is 10.3. The summed E-state index contributed by atoms with van der Waals surface area (Å²) in [5, 5.41) is 0. The van der Waals surface area contributed by atoms with Crippen LogP contribution in [-0.4, -0.2) is 0 Å². The van der Waals surface area contributed by atoms with Crippen molar-refractivity contribution >= 4 is 0 Å². The van der Waals surface area contributed by atoms with Gasteiger partial charge in [0.1, 0.15) is 0 Å². The van der Waals surface area contributed by atoms with E-state index in [9.17, 15) is 0 Å². The Morgan fingerprint density at radius 2 is 1.77 bits per heavy atom. The van der Waals surface area contributed by atoms with E-state index < -0.39 is 0 Å². The van der Waals surface area contributed by atoms with Gasteiger partial charge in [-0.15, -0.1) is 0 Å². The van der Waals surface area contributed by atoms with Crippen molar-refractivity contribution in [2.24, 2.45) is 0 Å². The maximum Gasteiger partial charge on any atom is -0.0271 e. The second kappa shape index (κ2) is 6.71. The van der Waals surface area contributed by atoms with Crippen molar-refractivity contribution in [1.82, 2.24) is 0 Å². The molecule has 0 aromatic heterocycles. The third-order valence-corrected chi connectivity index (χ3v) is 2.27. The Labute approximate surface area is 83.0 Å². The average Bonchev–Trinajstić information content (AvgIpc) is 2.15. The van der Waals surface area contributed by atoms with Crippen LogP contribution in [0.3, 0.4) is 0 Å². The minimum Gasteiger partial charge on any atom is -0.0841 e. The van der Waals surface area contributed by atoms with E-state index in [1.165, 1.54) is 16.7 Å². The number of rotatable bonds is 4. The van der Waals surface area contributed by atoms with Crippen LogP contribution in [0.1, 0.15) is 47.5 Å². The van der Waals surface area contributed by atoms with Gasteiger partial charge in [0.25, 0.3) is 0 Å². The van der Waals surface area contributed by atoms with Crippen LogP contribution in [0.25, 0.3) is 0 Å². The van der Waals surface area contributed by atoms with Gasteiger partial charge in [-0.05, 0) is 44.8 Å². The lowest BCUT2D eigenvalue weighted by atomic mass is 10.0. The molecule has 0 unspecified atom stereocenters. The molecular formula is C13H22. The topological polar surface area (TPSA) is 0 Å². The fourth-order valence-electron chi connectivity index (χ4n) is 1.09. The normalized spacial score (nSPS) is 15.0. The Hall–Kier alpha value is -0.780. The van der Waals surface area contributed by atoms with Gasteiger partial charge in [-0.25, -0.2) is 0 Å². The molecule has 0 aliphatic rings. The Bertz CT molecular complexity index is 226. The molecule has 0 saturated carbocycles. The van der Waals surface area contributed by atoms with Crippen molar-refractivity contribution < 1.29 is 0 Å². The van der Waals surface area contributed by atoms with E-state index in [4.69, 9.17) is 0 Å². The van der Waals surface area contributed by atoms with Crippen LogP contribution in [-0.2, 0) is 0 Å². The molecule has 0 heterocycles. The summed E-state index contributed by atoms with van der Waals surface area (Å²) < 4.78 is 0. The maximum absolute atomic E-state index is 2.29. The van der Waals surface area contributed by atoms with Crippen LogP contribution in [0.15, 0.2) is 34.9 Å². The first kappa shape index (κ1) is 12.2. The van der Waals surface area contributed by atoms with E-state index in [1.807, 2.05) is 0 Å². The van der Waals surface area contributed by atoms with Crippen LogP contribution < -0.4 is 0 Å². The molecule has 0 fully saturated rings. The van der Waals surface area contributed by atoms with E-state index in [0.717, 1.165) is 12.8 Å². The van der Waals surface area contributed by atoms with Crippen LogP contribution >= 0.6 is 0 Å². The highest BCUT2D eigenvalue weighted by Gasteiger charge is 1.94. The van der Waals surface area contributed by atoms with Gasteiger partial charge in [0.2, 0.25) is 0 Å². The number of hydrogen-bond acceptors (Lipinski definition) is 0. The molecule has 0 nitrogen and oxygen atoms in total. The molecule has 0 heteroatoms. The van der Waals surface area contributed by atoms with Crippen molar-refractivity contribution in [2.75, 3.05) is 0 Å². The largest absolute Gasteiger partial charge is 0.0841 e. The van der Waals surface area contributed by atoms with Gasteiger partial charge in [-0.2, -0.15) is 0 Å². The molecule has 0 spiro atoms. The van der Waals surface area contributed by atoms with E-state index >= 15 is 0 Å². The zero-order valence-electron chi connectivity index (χ0n) is 9.65. The molecule has 0 amide bonds. The second-order valence-corrected chi connectivity index (χ2v) is 3.38. The molecule has 0 bridgehead atoms. The lowest BCUT2D eigenvalue weighted by Gasteiger charge is -2.03. The zero-order valence-corrected chi connectivity index (χ0v) is 9.65. The molecule has 0 atom stereocenters. The predicted molar refractivity (Wildman–Crippen MR) is 61.9 cm³/mol. The van der Waals surface area contributed by atoms with Crippen LogP contribution in [0.5, 0.6) is 0 Å². The van der Waals surface area contributed by atoms with Crippen molar-refractivity contribution in [2.45, 2.75) is 47.5 Å². The van der Waals surface area contributed by atoms with E-state index in [-0.39, 0.29) is 0 Å². The molecule has 0 radical (unpaired) electrons. The van der Waals surface area contributed by atoms with Crippen LogP contribution in [0, 0.1) is 0 Å². The first-order valence-corrected chi connectivity index (χ1v) is 5.16. The molecule has 0 aliphatic carbocycles. The summed E-state index contributed by atoms with van der Waals surface area (Å²) in [7, 11) is 0. The SMILES string of the molecule is C/C=C(C)/C(/C=C(/C)CC)=C/CC. The Kier molecular flexibility index (Phi) is 6.30. The predicted octanol–water partition coefficient (Wildman–Crippen LogP) is 4.65. The molecular weight excluding hydrogens is 156 g/mol. The van der Waals surface area contributed by atoms with E-state index in [0.29, 0.717) is 0 Å². The quantitative estimate of drug-likeness (QED) is 0.550. The van der Waals surface area contributed by atoms with Gasteiger partial charge in [0.15, 0.2) is 0 Å². The van der Waals surface area contributed by atoms with Crippen molar-refractivity contribution in [3.05, 3.63) is 34.9 Å². The summed E-state index contributed by atoms with van der Waals surface area (Å²) in [6, 6.07) is 0. The Morgan fingerprint density at radius 1 is 1.15 bits per heavy atom. The average molecular weight is 178 g/mol. The molecule has 13 heavy (non-hydrogen) atoms. The smallest absolute Gasteiger partial charge is 0.0271 e. The summed E-state index contributed by atoms with van der Waals surface area (Å²) in [5.74, 6) is 0. The molecule has 0 aromatic rings. The fourth-order valence-corrected chi connectivity index (χ4v) is 1.09. The second-order valence-electron chi connectivity index (χ2n) is 3.38. The molecule has 0 aromatic carbocycles. The minimum atomic E-state index is 1.11. The van der Waals surface area contributed by atoms with Crippen molar-refractivity contribution in [3.63, 3.8) is 0 Å². The lowest BCUT2D eigenvalue weighted by Crippen LogP contribution is -1.83. The molecule has 74 valence electrons. The highest BCUT2D eigenvalue weighted by Crippen LogP contribution is 2.15. The Morgan fingerprint density at radius 3 is 2.15 bits per heavy atom. The van der Waals surface area contributed by atoms with Crippen molar-refractivity contribution in [3.8, 4) is 0 Å². The van der Waals surface area contributed by atoms with E-state index in [1.54, 1.807) is 0 Å². The summed E-state index contributed by atoms with van der Waals surface area (Å²) in [5.41, 5.74) is 4.19. The fraction of sp³-hybridized carbons (Fsp3) is 0.538. The summed E-state index contributed by atoms with van der Waals surface area (Å²) in [4.78, 5) is 0. The summed E-state index contributed by atoms with van der Waals surface area (Å²) in [6.07, 6.45) is 8.99. The first-order chi connectivity index (χ1) is 6.15. The standard InChI is InChI=1S/C13H22/c1-6-9-13(12(5)8-3)10-11(4)7-2/h8-10H,6-7H2,1-5H3/b11-10-,12-8+,13-9+. The molecule has 0 N–H and O–H groups in total.